The van der Waals surface area contributed by atoms with Gasteiger partial charge in [0.05, 0.1) is 10.9 Å². The Morgan fingerprint density at radius 1 is 1.75 bits per heavy atom. The number of nitrogens with two attached hydrogens (primary N) is 1. The van der Waals surface area contributed by atoms with Gasteiger partial charge < -0.3 is 10.6 Å². The van der Waals surface area contributed by atoms with Crippen molar-refractivity contribution in [3.8, 4) is 0 Å². The Bertz CT molecular complexity index is 284. The highest BCUT2D eigenvalue weighted by Crippen LogP contribution is 2.22. The van der Waals surface area contributed by atoms with Crippen LogP contribution in [0.15, 0.2) is 12.1 Å². The third-order valence-electron chi connectivity index (χ3n) is 1.43. The second-order valence-electron chi connectivity index (χ2n) is 2.45. The van der Waals surface area contributed by atoms with Crippen LogP contribution >= 0.6 is 22.9 Å². The number of guanidine groups is 1. The SMILES string of the molecule is CN(Cc1ccc(Cl)s1)C(=N)N. The number of rotatable bonds is 2. The van der Waals surface area contributed by atoms with Gasteiger partial charge in [0.15, 0.2) is 5.96 Å². The summed E-state index contributed by atoms with van der Waals surface area (Å²) in [5, 5.41) is 7.13. The Morgan fingerprint density at radius 3 is 2.83 bits per heavy atom. The van der Waals surface area contributed by atoms with Crippen molar-refractivity contribution in [1.29, 1.82) is 5.41 Å². The predicted molar refractivity (Wildman–Crippen MR) is 52.7 cm³/mol. The third kappa shape index (κ3) is 2.39. The molecule has 1 heterocycles. The van der Waals surface area contributed by atoms with E-state index in [-0.39, 0.29) is 5.96 Å². The summed E-state index contributed by atoms with van der Waals surface area (Å²) in [5.74, 6) is 0.0690. The van der Waals surface area contributed by atoms with E-state index in [4.69, 9.17) is 22.7 Å². The van der Waals surface area contributed by atoms with Crippen molar-refractivity contribution < 1.29 is 0 Å². The summed E-state index contributed by atoms with van der Waals surface area (Å²) >= 11 is 7.24. The summed E-state index contributed by atoms with van der Waals surface area (Å²) in [6.07, 6.45) is 0. The molecule has 0 unspecified atom stereocenters. The maximum absolute atomic E-state index is 7.13. The molecular formula is C7H10ClN3S. The van der Waals surface area contributed by atoms with Crippen LogP contribution in [0.2, 0.25) is 4.34 Å². The summed E-state index contributed by atoms with van der Waals surface area (Å²) in [6, 6.07) is 3.78. The fourth-order valence-corrected chi connectivity index (χ4v) is 1.90. The molecular weight excluding hydrogens is 194 g/mol. The molecule has 0 aromatic carbocycles. The van der Waals surface area contributed by atoms with Gasteiger partial charge in [-0.3, -0.25) is 5.41 Å². The Morgan fingerprint density at radius 2 is 2.42 bits per heavy atom. The summed E-state index contributed by atoms with van der Waals surface area (Å²) in [4.78, 5) is 2.76. The number of halogens is 1. The first kappa shape index (κ1) is 9.35. The number of hydrogen-bond acceptors (Lipinski definition) is 2. The van der Waals surface area contributed by atoms with Gasteiger partial charge in [0.25, 0.3) is 0 Å². The molecule has 5 heteroatoms. The van der Waals surface area contributed by atoms with Crippen LogP contribution in [0.1, 0.15) is 4.88 Å². The molecule has 0 spiro atoms. The van der Waals surface area contributed by atoms with Gasteiger partial charge in [-0.2, -0.15) is 0 Å². The van der Waals surface area contributed by atoms with Crippen LogP contribution in [0.3, 0.4) is 0 Å². The Labute approximate surface area is 80.3 Å². The normalized spacial score (nSPS) is 9.83. The highest BCUT2D eigenvalue weighted by atomic mass is 35.5. The van der Waals surface area contributed by atoms with Crippen molar-refractivity contribution in [1.82, 2.24) is 4.90 Å². The van der Waals surface area contributed by atoms with E-state index in [1.165, 1.54) is 11.3 Å². The van der Waals surface area contributed by atoms with Crippen LogP contribution in [0.5, 0.6) is 0 Å². The quantitative estimate of drug-likeness (QED) is 0.568. The minimum Gasteiger partial charge on any atom is -0.370 e. The van der Waals surface area contributed by atoms with Crippen LogP contribution in [-0.2, 0) is 6.54 Å². The summed E-state index contributed by atoms with van der Waals surface area (Å²) < 4.78 is 0.766. The molecule has 0 saturated carbocycles. The molecule has 0 bridgehead atoms. The van der Waals surface area contributed by atoms with Crippen molar-refractivity contribution >= 4 is 28.9 Å². The first-order valence-electron chi connectivity index (χ1n) is 3.39. The lowest BCUT2D eigenvalue weighted by Gasteiger charge is -2.14. The zero-order chi connectivity index (χ0) is 9.14. The lowest BCUT2D eigenvalue weighted by molar-refractivity contribution is 0.496. The molecule has 1 rings (SSSR count). The summed E-state index contributed by atoms with van der Waals surface area (Å²) in [7, 11) is 1.77. The van der Waals surface area contributed by atoms with Gasteiger partial charge in [0, 0.05) is 11.9 Å². The van der Waals surface area contributed by atoms with Crippen molar-refractivity contribution in [2.24, 2.45) is 5.73 Å². The molecule has 0 radical (unpaired) electrons. The average Bonchev–Trinajstić information content (AvgIpc) is 2.35. The van der Waals surface area contributed by atoms with Gasteiger partial charge in [0.2, 0.25) is 0 Å². The highest BCUT2D eigenvalue weighted by molar-refractivity contribution is 7.16. The summed E-state index contributed by atoms with van der Waals surface area (Å²) in [6.45, 7) is 0.646. The van der Waals surface area contributed by atoms with Crippen molar-refractivity contribution in [2.45, 2.75) is 6.54 Å². The molecule has 3 N–H and O–H groups in total. The molecule has 0 aliphatic heterocycles. The van der Waals surface area contributed by atoms with E-state index >= 15 is 0 Å². The maximum atomic E-state index is 7.13. The van der Waals surface area contributed by atoms with Crippen LogP contribution in [0, 0.1) is 5.41 Å². The van der Waals surface area contributed by atoms with E-state index in [1.54, 1.807) is 11.9 Å². The van der Waals surface area contributed by atoms with Crippen LogP contribution in [0.4, 0.5) is 0 Å². The Hall–Kier alpha value is -0.740. The van der Waals surface area contributed by atoms with Gasteiger partial charge in [-0.25, -0.2) is 0 Å². The molecule has 3 nitrogen and oxygen atoms in total. The van der Waals surface area contributed by atoms with Crippen molar-refractivity contribution in [3.63, 3.8) is 0 Å². The molecule has 0 atom stereocenters. The lowest BCUT2D eigenvalue weighted by atomic mass is 10.4. The topological polar surface area (TPSA) is 53.1 Å². The fourth-order valence-electron chi connectivity index (χ4n) is 0.756. The predicted octanol–water partition coefficient (Wildman–Crippen LogP) is 1.73. The minimum absolute atomic E-state index is 0.0690. The molecule has 1 aromatic heterocycles. The Balaban J connectivity index is 2.58. The second-order valence-corrected chi connectivity index (χ2v) is 4.25. The fraction of sp³-hybridized carbons (Fsp3) is 0.286. The molecule has 1 aromatic rings. The zero-order valence-electron chi connectivity index (χ0n) is 6.67. The van der Waals surface area contributed by atoms with E-state index in [1.807, 2.05) is 12.1 Å². The minimum atomic E-state index is 0.0690. The maximum Gasteiger partial charge on any atom is 0.188 e. The molecule has 0 aliphatic rings. The van der Waals surface area contributed by atoms with Gasteiger partial charge in [0.1, 0.15) is 0 Å². The molecule has 0 amide bonds. The molecule has 0 fully saturated rings. The molecule has 0 saturated heterocycles. The van der Waals surface area contributed by atoms with Crippen LogP contribution < -0.4 is 5.73 Å². The standard InChI is InChI=1S/C7H10ClN3S/c1-11(7(9)10)4-5-2-3-6(8)12-5/h2-3H,4H2,1H3,(H3,9,10). The lowest BCUT2D eigenvalue weighted by Crippen LogP contribution is -2.31. The van der Waals surface area contributed by atoms with E-state index in [0.717, 1.165) is 9.21 Å². The van der Waals surface area contributed by atoms with E-state index in [0.29, 0.717) is 6.54 Å². The average molecular weight is 204 g/mol. The largest absolute Gasteiger partial charge is 0.370 e. The van der Waals surface area contributed by atoms with Gasteiger partial charge >= 0.3 is 0 Å². The van der Waals surface area contributed by atoms with E-state index < -0.39 is 0 Å². The first-order chi connectivity index (χ1) is 5.59. The number of hydrogen-bond donors (Lipinski definition) is 2. The molecule has 12 heavy (non-hydrogen) atoms. The van der Waals surface area contributed by atoms with E-state index in [9.17, 15) is 0 Å². The molecule has 0 aliphatic carbocycles. The number of nitrogens with zero attached hydrogens (tertiary/aromatic N) is 1. The van der Waals surface area contributed by atoms with Crippen molar-refractivity contribution in [3.05, 3.63) is 21.3 Å². The van der Waals surface area contributed by atoms with Crippen LogP contribution in [-0.4, -0.2) is 17.9 Å². The number of thiophene rings is 1. The van der Waals surface area contributed by atoms with Gasteiger partial charge in [-0.1, -0.05) is 11.6 Å². The van der Waals surface area contributed by atoms with Crippen LogP contribution in [0.25, 0.3) is 0 Å². The zero-order valence-corrected chi connectivity index (χ0v) is 8.25. The third-order valence-corrected chi connectivity index (χ3v) is 2.65. The Kier molecular flexibility index (Phi) is 2.94. The summed E-state index contributed by atoms with van der Waals surface area (Å²) in [5.41, 5.74) is 5.27. The van der Waals surface area contributed by atoms with E-state index in [2.05, 4.69) is 0 Å². The molecule has 66 valence electrons. The second kappa shape index (κ2) is 3.78. The van der Waals surface area contributed by atoms with Gasteiger partial charge in [-0.15, -0.1) is 11.3 Å². The van der Waals surface area contributed by atoms with Crippen molar-refractivity contribution in [2.75, 3.05) is 7.05 Å². The number of nitrogens with one attached hydrogen (secondary N) is 1. The van der Waals surface area contributed by atoms with Gasteiger partial charge in [-0.05, 0) is 12.1 Å². The highest BCUT2D eigenvalue weighted by Gasteiger charge is 2.03. The first-order valence-corrected chi connectivity index (χ1v) is 4.58. The monoisotopic (exact) mass is 203 g/mol. The smallest absolute Gasteiger partial charge is 0.188 e.